The summed E-state index contributed by atoms with van der Waals surface area (Å²) in [4.78, 5) is 0. The first kappa shape index (κ1) is 30.3. The fourth-order valence-electron chi connectivity index (χ4n) is 9.93. The molecule has 4 saturated carbocycles. The zero-order valence-corrected chi connectivity index (χ0v) is 25.3. The van der Waals surface area contributed by atoms with Crippen LogP contribution >= 0.6 is 0 Å². The molecule has 4 aliphatic rings. The van der Waals surface area contributed by atoms with E-state index in [4.69, 9.17) is 0 Å². The van der Waals surface area contributed by atoms with E-state index >= 15 is 0 Å². The number of fused-ring (bicyclic) bond motifs is 5. The summed E-state index contributed by atoms with van der Waals surface area (Å²) in [5.41, 5.74) is 0.137. The van der Waals surface area contributed by atoms with Gasteiger partial charge in [-0.15, -0.1) is 0 Å². The van der Waals surface area contributed by atoms with Crippen LogP contribution in [0, 0.1) is 52.3 Å². The predicted octanol–water partition coefficient (Wildman–Crippen LogP) is 0.829. The molecule has 35 heavy (non-hydrogen) atoms. The number of aliphatic hydroxyl groups excluding tert-OH is 2. The maximum atomic E-state index is 11.8. The average molecular weight is 525 g/mol. The second-order valence-corrected chi connectivity index (χ2v) is 14.0. The molecule has 12 atom stereocenters. The Balaban J connectivity index is 0.00000342. The van der Waals surface area contributed by atoms with Crippen LogP contribution in [0.25, 0.3) is 0 Å². The van der Waals surface area contributed by atoms with E-state index in [0.717, 1.165) is 51.4 Å². The molecule has 4 rings (SSSR count). The van der Waals surface area contributed by atoms with Gasteiger partial charge in [-0.2, -0.15) is 0 Å². The molecule has 0 amide bonds. The molecule has 0 radical (unpaired) electrons. The largest absolute Gasteiger partial charge is 1.00 e. The molecule has 0 aliphatic heterocycles. The third-order valence-electron chi connectivity index (χ3n) is 11.1. The van der Waals surface area contributed by atoms with Gasteiger partial charge in [-0.25, -0.2) is 12.6 Å². The van der Waals surface area contributed by atoms with Gasteiger partial charge in [0.05, 0.1) is 12.2 Å². The SMILES string of the molecule is CC[C@H]1[C@@H](O)C2C3CC[C@H]([C@H](C)C[C@@](C)(O)OS(=O)(=O)[O-])[C@@]3(C)CCC2[C@@]2(C)CC[C@@H](O)C[C@@H]12.[Na+]. The molecule has 198 valence electrons. The van der Waals surface area contributed by atoms with Crippen molar-refractivity contribution in [1.82, 2.24) is 0 Å². The number of hydrogen-bond donors (Lipinski definition) is 3. The Morgan fingerprint density at radius 3 is 2.26 bits per heavy atom. The van der Waals surface area contributed by atoms with Crippen LogP contribution in [0.5, 0.6) is 0 Å². The van der Waals surface area contributed by atoms with Crippen molar-refractivity contribution in [1.29, 1.82) is 0 Å². The fraction of sp³-hybridized carbons (Fsp3) is 1.00. The van der Waals surface area contributed by atoms with Crippen molar-refractivity contribution >= 4 is 10.4 Å². The summed E-state index contributed by atoms with van der Waals surface area (Å²) < 4.78 is 37.7. The molecule has 0 aromatic rings. The van der Waals surface area contributed by atoms with Gasteiger partial charge in [0.15, 0.2) is 5.79 Å². The average Bonchev–Trinajstić information content (AvgIpc) is 3.04. The first-order valence-electron chi connectivity index (χ1n) is 13.4. The maximum absolute atomic E-state index is 11.8. The van der Waals surface area contributed by atoms with E-state index in [2.05, 4.69) is 25.0 Å². The monoisotopic (exact) mass is 524 g/mol. The summed E-state index contributed by atoms with van der Waals surface area (Å²) >= 11 is 0. The summed E-state index contributed by atoms with van der Waals surface area (Å²) in [5.74, 6) is -0.166. The Morgan fingerprint density at radius 2 is 1.66 bits per heavy atom. The summed E-state index contributed by atoms with van der Waals surface area (Å²) in [6.45, 7) is 10.2. The van der Waals surface area contributed by atoms with Crippen LogP contribution in [0.3, 0.4) is 0 Å². The van der Waals surface area contributed by atoms with Gasteiger partial charge in [-0.05, 0) is 104 Å². The molecule has 0 heterocycles. The van der Waals surface area contributed by atoms with Gasteiger partial charge in [0.1, 0.15) is 0 Å². The first-order valence-corrected chi connectivity index (χ1v) is 14.7. The molecule has 7 nitrogen and oxygen atoms in total. The van der Waals surface area contributed by atoms with Crippen LogP contribution < -0.4 is 29.6 Å². The van der Waals surface area contributed by atoms with Crippen molar-refractivity contribution < 1.29 is 62.0 Å². The van der Waals surface area contributed by atoms with Crippen LogP contribution in [-0.2, 0) is 14.6 Å². The van der Waals surface area contributed by atoms with Gasteiger partial charge in [-0.1, -0.05) is 34.1 Å². The van der Waals surface area contributed by atoms with Crippen molar-refractivity contribution in [2.24, 2.45) is 52.3 Å². The smallest absolute Gasteiger partial charge is 0.725 e. The van der Waals surface area contributed by atoms with E-state index in [0.29, 0.717) is 17.8 Å². The topological polar surface area (TPSA) is 127 Å². The third kappa shape index (κ3) is 5.44. The molecule has 3 unspecified atom stereocenters. The minimum absolute atomic E-state index is 0. The second-order valence-electron chi connectivity index (χ2n) is 13.0. The zero-order chi connectivity index (χ0) is 25.3. The van der Waals surface area contributed by atoms with Crippen molar-refractivity contribution in [2.45, 2.75) is 110 Å². The zero-order valence-electron chi connectivity index (χ0n) is 22.4. The molecular formula is C26H45NaO7S. The van der Waals surface area contributed by atoms with Crippen molar-refractivity contribution in [2.75, 3.05) is 0 Å². The van der Waals surface area contributed by atoms with E-state index in [1.54, 1.807) is 0 Å². The quantitative estimate of drug-likeness (QED) is 0.203. The van der Waals surface area contributed by atoms with E-state index in [-0.39, 0.29) is 82.7 Å². The van der Waals surface area contributed by atoms with Crippen LogP contribution in [0.1, 0.15) is 92.4 Å². The van der Waals surface area contributed by atoms with Crippen molar-refractivity contribution in [3.05, 3.63) is 0 Å². The summed E-state index contributed by atoms with van der Waals surface area (Å²) in [6.07, 6.45) is 7.14. The Labute approximate surface area is 234 Å². The van der Waals surface area contributed by atoms with Gasteiger partial charge in [0.2, 0.25) is 10.4 Å². The minimum atomic E-state index is -4.99. The maximum Gasteiger partial charge on any atom is 1.00 e. The van der Waals surface area contributed by atoms with Gasteiger partial charge in [0.25, 0.3) is 0 Å². The van der Waals surface area contributed by atoms with Crippen LogP contribution in [0.15, 0.2) is 0 Å². The Morgan fingerprint density at radius 1 is 1.06 bits per heavy atom. The van der Waals surface area contributed by atoms with Gasteiger partial charge >= 0.3 is 29.6 Å². The molecule has 0 aromatic heterocycles. The molecule has 9 heteroatoms. The Kier molecular flexibility index (Phi) is 8.98. The van der Waals surface area contributed by atoms with Gasteiger partial charge < -0.3 is 19.9 Å². The van der Waals surface area contributed by atoms with Crippen LogP contribution in [-0.4, -0.2) is 46.3 Å². The third-order valence-corrected chi connectivity index (χ3v) is 11.7. The molecular weight excluding hydrogens is 479 g/mol. The van der Waals surface area contributed by atoms with E-state index in [1.807, 2.05) is 6.92 Å². The molecule has 4 fully saturated rings. The Bertz CT molecular complexity index is 866. The minimum Gasteiger partial charge on any atom is -0.725 e. The first-order chi connectivity index (χ1) is 15.6. The van der Waals surface area contributed by atoms with E-state index in [9.17, 15) is 28.3 Å². The molecule has 0 spiro atoms. The van der Waals surface area contributed by atoms with Crippen molar-refractivity contribution in [3.63, 3.8) is 0 Å². The molecule has 3 N–H and O–H groups in total. The molecule has 4 aliphatic carbocycles. The van der Waals surface area contributed by atoms with Crippen LogP contribution in [0.4, 0.5) is 0 Å². The second kappa shape index (κ2) is 10.4. The summed E-state index contributed by atoms with van der Waals surface area (Å²) in [6, 6.07) is 0. The van der Waals surface area contributed by atoms with Gasteiger partial charge in [-0.3, -0.25) is 0 Å². The number of rotatable bonds is 6. The molecule has 0 aromatic carbocycles. The van der Waals surface area contributed by atoms with Crippen molar-refractivity contribution in [3.8, 4) is 0 Å². The Hall–Kier alpha value is 0.750. The van der Waals surface area contributed by atoms with E-state index < -0.39 is 16.2 Å². The van der Waals surface area contributed by atoms with Crippen LogP contribution in [0.2, 0.25) is 0 Å². The fourth-order valence-corrected chi connectivity index (χ4v) is 10.4. The predicted molar refractivity (Wildman–Crippen MR) is 127 cm³/mol. The number of hydrogen-bond acceptors (Lipinski definition) is 7. The number of aliphatic hydroxyl groups is 3. The molecule has 0 bridgehead atoms. The normalized spacial score (nSPS) is 48.0. The van der Waals surface area contributed by atoms with Gasteiger partial charge in [0, 0.05) is 6.42 Å². The summed E-state index contributed by atoms with van der Waals surface area (Å²) in [7, 11) is -4.99. The standard InChI is InChI=1S/C26H46O7S.Na/c1-6-17-21-13-16(27)9-11-25(21,4)20-10-12-24(3)18(7-8-19(24)22(20)23(17)28)15(2)14-26(5,29)33-34(30,31)32;/h15-23,27-29H,6-14H2,1-5H3,(H,30,31,32);/q;+1/p-1/t15-,16-,17-,18-,19?,20?,21+,22?,23-,24-,25-,26+;/m1./s1. The molecule has 0 saturated heterocycles. The van der Waals surface area contributed by atoms with E-state index in [1.165, 1.54) is 6.92 Å². The summed E-state index contributed by atoms with van der Waals surface area (Å²) in [5, 5.41) is 32.7.